The molecule has 0 bridgehead atoms. The van der Waals surface area contributed by atoms with Crippen molar-refractivity contribution < 1.29 is 19.4 Å². The standard InChI is InChI=1S/C18H26O4/c1-4-7-8-9-12-22-18(21)15-11-10-13(5-2)16(17(19)20)14(15)6-3/h10-11H,4-9,12H2,1-3H3,(H,19,20). The lowest BCUT2D eigenvalue weighted by atomic mass is 9.93. The van der Waals surface area contributed by atoms with Crippen molar-refractivity contribution in [3.8, 4) is 0 Å². The highest BCUT2D eigenvalue weighted by Crippen LogP contribution is 2.22. The lowest BCUT2D eigenvalue weighted by Crippen LogP contribution is -2.15. The predicted octanol–water partition coefficient (Wildman–Crippen LogP) is 4.25. The van der Waals surface area contributed by atoms with E-state index in [1.54, 1.807) is 12.1 Å². The summed E-state index contributed by atoms with van der Waals surface area (Å²) in [5.41, 5.74) is 1.97. The van der Waals surface area contributed by atoms with Gasteiger partial charge in [-0.1, -0.05) is 46.1 Å². The van der Waals surface area contributed by atoms with Crippen molar-refractivity contribution in [1.29, 1.82) is 0 Å². The van der Waals surface area contributed by atoms with Crippen LogP contribution in [0.3, 0.4) is 0 Å². The highest BCUT2D eigenvalue weighted by atomic mass is 16.5. The van der Waals surface area contributed by atoms with Crippen molar-refractivity contribution in [1.82, 2.24) is 0 Å². The van der Waals surface area contributed by atoms with Gasteiger partial charge in [-0.2, -0.15) is 0 Å². The molecule has 4 nitrogen and oxygen atoms in total. The third-order valence-electron chi connectivity index (χ3n) is 3.80. The van der Waals surface area contributed by atoms with E-state index in [1.807, 2.05) is 13.8 Å². The van der Waals surface area contributed by atoms with Gasteiger partial charge in [-0.05, 0) is 36.5 Å². The summed E-state index contributed by atoms with van der Waals surface area (Å²) < 4.78 is 5.29. The smallest absolute Gasteiger partial charge is 0.338 e. The van der Waals surface area contributed by atoms with Gasteiger partial charge in [-0.25, -0.2) is 9.59 Å². The molecule has 0 amide bonds. The van der Waals surface area contributed by atoms with Crippen LogP contribution < -0.4 is 0 Å². The molecule has 0 atom stereocenters. The van der Waals surface area contributed by atoms with Crippen LogP contribution in [-0.4, -0.2) is 23.7 Å². The Bertz CT molecular complexity index is 520. The van der Waals surface area contributed by atoms with Gasteiger partial charge in [0.15, 0.2) is 0 Å². The molecule has 0 saturated heterocycles. The molecule has 1 N–H and O–H groups in total. The monoisotopic (exact) mass is 306 g/mol. The summed E-state index contributed by atoms with van der Waals surface area (Å²) >= 11 is 0. The van der Waals surface area contributed by atoms with E-state index in [0.29, 0.717) is 30.6 Å². The molecule has 1 rings (SSSR count). The summed E-state index contributed by atoms with van der Waals surface area (Å²) in [6.07, 6.45) is 5.27. The highest BCUT2D eigenvalue weighted by molar-refractivity contribution is 5.98. The molecular formula is C18H26O4. The minimum Gasteiger partial charge on any atom is -0.478 e. The van der Waals surface area contributed by atoms with Crippen LogP contribution in [-0.2, 0) is 17.6 Å². The normalized spacial score (nSPS) is 10.5. The highest BCUT2D eigenvalue weighted by Gasteiger charge is 2.21. The molecule has 122 valence electrons. The number of carboxylic acids is 1. The number of carbonyl (C=O) groups excluding carboxylic acids is 1. The number of carboxylic acid groups (broad SMARTS) is 1. The summed E-state index contributed by atoms with van der Waals surface area (Å²) in [6, 6.07) is 3.41. The number of carbonyl (C=O) groups is 2. The number of aryl methyl sites for hydroxylation is 1. The van der Waals surface area contributed by atoms with Gasteiger partial charge in [0.25, 0.3) is 0 Å². The van der Waals surface area contributed by atoms with Crippen LogP contribution in [0.4, 0.5) is 0 Å². The fraction of sp³-hybridized carbons (Fsp3) is 0.556. The maximum atomic E-state index is 12.2. The van der Waals surface area contributed by atoms with Crippen LogP contribution in [0.25, 0.3) is 0 Å². The Morgan fingerprint density at radius 2 is 1.77 bits per heavy atom. The second kappa shape index (κ2) is 9.23. The zero-order valence-electron chi connectivity index (χ0n) is 13.8. The topological polar surface area (TPSA) is 63.6 Å². The third-order valence-corrected chi connectivity index (χ3v) is 3.80. The van der Waals surface area contributed by atoms with E-state index in [1.165, 1.54) is 0 Å². The molecule has 0 aliphatic heterocycles. The van der Waals surface area contributed by atoms with Gasteiger partial charge in [0.2, 0.25) is 0 Å². The average molecular weight is 306 g/mol. The Labute approximate surface area is 132 Å². The molecule has 22 heavy (non-hydrogen) atoms. The number of unbranched alkanes of at least 4 members (excludes halogenated alkanes) is 3. The van der Waals surface area contributed by atoms with Crippen molar-refractivity contribution in [2.24, 2.45) is 0 Å². The molecule has 0 aliphatic carbocycles. The summed E-state index contributed by atoms with van der Waals surface area (Å²) in [5, 5.41) is 9.44. The van der Waals surface area contributed by atoms with E-state index in [-0.39, 0.29) is 5.56 Å². The molecule has 0 aliphatic rings. The first kappa shape index (κ1) is 18.2. The fourth-order valence-corrected chi connectivity index (χ4v) is 2.59. The van der Waals surface area contributed by atoms with E-state index in [0.717, 1.165) is 31.2 Å². The van der Waals surface area contributed by atoms with Crippen molar-refractivity contribution in [3.05, 3.63) is 34.4 Å². The van der Waals surface area contributed by atoms with E-state index in [2.05, 4.69) is 6.92 Å². The first-order valence-electron chi connectivity index (χ1n) is 8.11. The van der Waals surface area contributed by atoms with Crippen LogP contribution in [0.1, 0.15) is 78.3 Å². The Kier molecular flexibility index (Phi) is 7.64. The first-order chi connectivity index (χ1) is 10.6. The van der Waals surface area contributed by atoms with Gasteiger partial charge < -0.3 is 9.84 Å². The fourth-order valence-electron chi connectivity index (χ4n) is 2.59. The Hall–Kier alpha value is -1.84. The molecule has 0 unspecified atom stereocenters. The molecule has 1 aromatic rings. The van der Waals surface area contributed by atoms with Crippen LogP contribution in [0.15, 0.2) is 12.1 Å². The van der Waals surface area contributed by atoms with Crippen molar-refractivity contribution in [3.63, 3.8) is 0 Å². The van der Waals surface area contributed by atoms with Crippen molar-refractivity contribution in [2.45, 2.75) is 59.3 Å². The quantitative estimate of drug-likeness (QED) is 0.547. The number of hydrogen-bond donors (Lipinski definition) is 1. The molecule has 0 fully saturated rings. The summed E-state index contributed by atoms with van der Waals surface area (Å²) in [5.74, 6) is -1.40. The van der Waals surface area contributed by atoms with Gasteiger partial charge in [0, 0.05) is 0 Å². The zero-order valence-corrected chi connectivity index (χ0v) is 13.8. The zero-order chi connectivity index (χ0) is 16.5. The van der Waals surface area contributed by atoms with Gasteiger partial charge in [0.1, 0.15) is 0 Å². The average Bonchev–Trinajstić information content (AvgIpc) is 2.52. The Morgan fingerprint density at radius 3 is 2.32 bits per heavy atom. The first-order valence-corrected chi connectivity index (χ1v) is 8.11. The van der Waals surface area contributed by atoms with Crippen LogP contribution in [0.2, 0.25) is 0 Å². The Balaban J connectivity index is 2.92. The third kappa shape index (κ3) is 4.58. The Morgan fingerprint density at radius 1 is 1.05 bits per heavy atom. The number of aromatic carboxylic acids is 1. The molecule has 4 heteroatoms. The minimum atomic E-state index is -0.980. The van der Waals surface area contributed by atoms with Crippen LogP contribution in [0.5, 0.6) is 0 Å². The van der Waals surface area contributed by atoms with Crippen LogP contribution >= 0.6 is 0 Å². The van der Waals surface area contributed by atoms with E-state index in [9.17, 15) is 14.7 Å². The number of hydrogen-bond acceptors (Lipinski definition) is 3. The summed E-state index contributed by atoms with van der Waals surface area (Å²) in [4.78, 5) is 23.7. The minimum absolute atomic E-state index is 0.255. The molecule has 0 heterocycles. The van der Waals surface area contributed by atoms with Crippen molar-refractivity contribution >= 4 is 11.9 Å². The second-order valence-corrected chi connectivity index (χ2v) is 5.33. The molecule has 0 spiro atoms. The van der Waals surface area contributed by atoms with Crippen molar-refractivity contribution in [2.75, 3.05) is 6.61 Å². The lowest BCUT2D eigenvalue weighted by molar-refractivity contribution is 0.0496. The van der Waals surface area contributed by atoms with Gasteiger partial charge in [0.05, 0.1) is 17.7 Å². The molecule has 0 saturated carbocycles. The predicted molar refractivity (Wildman–Crippen MR) is 86.6 cm³/mol. The van der Waals surface area contributed by atoms with Gasteiger partial charge in [-0.3, -0.25) is 0 Å². The van der Waals surface area contributed by atoms with Gasteiger partial charge in [-0.15, -0.1) is 0 Å². The molecule has 1 aromatic carbocycles. The van der Waals surface area contributed by atoms with E-state index < -0.39 is 11.9 Å². The molecule has 0 aromatic heterocycles. The largest absolute Gasteiger partial charge is 0.478 e. The van der Waals surface area contributed by atoms with E-state index in [4.69, 9.17) is 4.74 Å². The lowest BCUT2D eigenvalue weighted by Gasteiger charge is -2.14. The number of benzene rings is 1. The molecule has 0 radical (unpaired) electrons. The number of ether oxygens (including phenoxy) is 1. The SMILES string of the molecule is CCCCCCOC(=O)c1ccc(CC)c(C(=O)O)c1CC. The maximum Gasteiger partial charge on any atom is 0.338 e. The van der Waals surface area contributed by atoms with Crippen LogP contribution in [0, 0.1) is 0 Å². The maximum absolute atomic E-state index is 12.2. The second-order valence-electron chi connectivity index (χ2n) is 5.33. The molecular weight excluding hydrogens is 280 g/mol. The summed E-state index contributed by atoms with van der Waals surface area (Å²) in [7, 11) is 0. The number of esters is 1. The van der Waals surface area contributed by atoms with Gasteiger partial charge >= 0.3 is 11.9 Å². The number of rotatable bonds is 9. The summed E-state index contributed by atoms with van der Waals surface area (Å²) in [6.45, 7) is 6.29. The van der Waals surface area contributed by atoms with E-state index >= 15 is 0 Å².